The Morgan fingerprint density at radius 2 is 1.79 bits per heavy atom. The summed E-state index contributed by atoms with van der Waals surface area (Å²) < 4.78 is 8.09. The number of aliphatic hydroxyl groups is 1. The smallest absolute Gasteiger partial charge is 0.120 e. The molecule has 6 atom stereocenters. The van der Waals surface area contributed by atoms with Gasteiger partial charge in [0.1, 0.15) is 18.1 Å². The largest absolute Gasteiger partial charge is 0.489 e. The van der Waals surface area contributed by atoms with Crippen LogP contribution < -0.4 is 4.74 Å². The summed E-state index contributed by atoms with van der Waals surface area (Å²) in [7, 11) is 0. The zero-order chi connectivity index (χ0) is 25.7. The lowest BCUT2D eigenvalue weighted by Crippen LogP contribution is -2.44. The van der Waals surface area contributed by atoms with Crippen LogP contribution in [0.4, 0.5) is 0 Å². The van der Waals surface area contributed by atoms with Gasteiger partial charge >= 0.3 is 0 Å². The van der Waals surface area contributed by atoms with Gasteiger partial charge in [-0.15, -0.1) is 5.10 Å². The molecule has 2 saturated carbocycles. The fourth-order valence-electron chi connectivity index (χ4n) is 7.81. The molecule has 5 heteroatoms. The fraction of sp³-hybridized carbons (Fsp3) is 0.394. The van der Waals surface area contributed by atoms with Crippen LogP contribution in [-0.4, -0.2) is 26.2 Å². The molecule has 0 spiro atoms. The summed E-state index contributed by atoms with van der Waals surface area (Å²) in [5.41, 5.74) is 5.98. The van der Waals surface area contributed by atoms with Gasteiger partial charge in [-0.1, -0.05) is 78.9 Å². The fourth-order valence-corrected chi connectivity index (χ4v) is 7.81. The van der Waals surface area contributed by atoms with E-state index < -0.39 is 6.10 Å². The standard InChI is InChI=1S/C33H35N3O2/c1-33-17-16-27-26-15-13-25(38-21-22-8-4-2-5-9-22)18-24(26)12-14-28(27)29(33)19-31(32(33)37)36-20-30(34-35-36)23-10-6-3-7-11-23/h2-11,13,15,18,20,27-29,31-32,37H,12,14,16-17,19,21H2,1H3/t27-,28-,29+,31-,32+,33-/m1/s1. The summed E-state index contributed by atoms with van der Waals surface area (Å²) in [5.74, 6) is 2.59. The molecule has 3 aromatic carbocycles. The molecule has 0 saturated heterocycles. The maximum atomic E-state index is 11.6. The van der Waals surface area contributed by atoms with E-state index in [0.717, 1.165) is 42.7 Å². The Hall–Kier alpha value is -3.44. The number of hydrogen-bond acceptors (Lipinski definition) is 4. The van der Waals surface area contributed by atoms with E-state index in [1.165, 1.54) is 23.1 Å². The number of aryl methyl sites for hydroxylation is 1. The zero-order valence-corrected chi connectivity index (χ0v) is 21.9. The van der Waals surface area contributed by atoms with Crippen LogP contribution in [0, 0.1) is 17.3 Å². The first-order valence-corrected chi connectivity index (χ1v) is 14.0. The molecular weight excluding hydrogens is 470 g/mol. The van der Waals surface area contributed by atoms with E-state index in [4.69, 9.17) is 4.74 Å². The molecule has 1 aromatic heterocycles. The second-order valence-corrected chi connectivity index (χ2v) is 11.8. The molecule has 3 aliphatic carbocycles. The van der Waals surface area contributed by atoms with E-state index in [9.17, 15) is 5.11 Å². The minimum atomic E-state index is -0.408. The van der Waals surface area contributed by atoms with Crippen molar-refractivity contribution in [2.24, 2.45) is 17.3 Å². The number of fused-ring (bicyclic) bond motifs is 5. The van der Waals surface area contributed by atoms with Crippen LogP contribution in [0.1, 0.15) is 61.3 Å². The maximum absolute atomic E-state index is 11.6. The van der Waals surface area contributed by atoms with E-state index in [2.05, 4.69) is 71.8 Å². The normalized spacial score (nSPS) is 29.8. The van der Waals surface area contributed by atoms with Crippen LogP contribution in [0.2, 0.25) is 0 Å². The van der Waals surface area contributed by atoms with Gasteiger partial charge < -0.3 is 9.84 Å². The maximum Gasteiger partial charge on any atom is 0.120 e. The number of benzene rings is 3. The van der Waals surface area contributed by atoms with Gasteiger partial charge in [0.25, 0.3) is 0 Å². The lowest BCUT2D eigenvalue weighted by molar-refractivity contribution is -0.0321. The van der Waals surface area contributed by atoms with Crippen LogP contribution >= 0.6 is 0 Å². The predicted octanol–water partition coefficient (Wildman–Crippen LogP) is 6.59. The number of aromatic nitrogens is 3. The highest BCUT2D eigenvalue weighted by molar-refractivity contribution is 5.57. The Morgan fingerprint density at radius 3 is 2.61 bits per heavy atom. The van der Waals surface area contributed by atoms with Crippen LogP contribution in [0.5, 0.6) is 5.75 Å². The Balaban J connectivity index is 1.10. The molecule has 4 aromatic rings. The van der Waals surface area contributed by atoms with Crippen molar-refractivity contribution in [2.45, 2.75) is 63.7 Å². The molecule has 0 bridgehead atoms. The molecule has 1 N–H and O–H groups in total. The second-order valence-electron chi connectivity index (χ2n) is 11.8. The van der Waals surface area contributed by atoms with Crippen molar-refractivity contribution in [1.29, 1.82) is 0 Å². The first-order chi connectivity index (χ1) is 18.6. The van der Waals surface area contributed by atoms with Gasteiger partial charge in [-0.2, -0.15) is 0 Å². The first kappa shape index (κ1) is 23.7. The lowest BCUT2D eigenvalue weighted by Gasteiger charge is -2.50. The van der Waals surface area contributed by atoms with Crippen LogP contribution in [0.3, 0.4) is 0 Å². The monoisotopic (exact) mass is 505 g/mol. The number of nitrogens with zero attached hydrogens (tertiary/aromatic N) is 3. The Kier molecular flexibility index (Phi) is 5.85. The van der Waals surface area contributed by atoms with Gasteiger partial charge in [-0.25, -0.2) is 4.68 Å². The van der Waals surface area contributed by atoms with Crippen molar-refractivity contribution >= 4 is 0 Å². The summed E-state index contributed by atoms with van der Waals surface area (Å²) >= 11 is 0. The highest BCUT2D eigenvalue weighted by atomic mass is 16.5. The molecule has 2 fully saturated rings. The molecule has 7 rings (SSSR count). The molecule has 38 heavy (non-hydrogen) atoms. The van der Waals surface area contributed by atoms with Gasteiger partial charge in [0.2, 0.25) is 0 Å². The summed E-state index contributed by atoms with van der Waals surface area (Å²) in [4.78, 5) is 0. The molecule has 194 valence electrons. The van der Waals surface area contributed by atoms with Gasteiger partial charge in [-0.05, 0) is 84.1 Å². The highest BCUT2D eigenvalue weighted by Crippen LogP contribution is 2.63. The molecule has 0 unspecified atom stereocenters. The number of ether oxygens (including phenoxy) is 1. The van der Waals surface area contributed by atoms with Crippen molar-refractivity contribution < 1.29 is 9.84 Å². The van der Waals surface area contributed by atoms with Gasteiger partial charge in [0, 0.05) is 5.56 Å². The summed E-state index contributed by atoms with van der Waals surface area (Å²) in [6, 6.07) is 27.2. The SMILES string of the molecule is C[C@@]12CC[C@@H]3c4ccc(OCc5ccccc5)cc4CC[C@H]3[C@@H]1C[C@@H](n1cc(-c3ccccc3)nn1)[C@@H]2O. The van der Waals surface area contributed by atoms with E-state index in [1.807, 2.05) is 35.1 Å². The minimum absolute atomic E-state index is 0.0242. The molecule has 0 radical (unpaired) electrons. The van der Waals surface area contributed by atoms with Crippen molar-refractivity contribution in [1.82, 2.24) is 15.0 Å². The van der Waals surface area contributed by atoms with Crippen LogP contribution in [0.15, 0.2) is 85.1 Å². The Bertz CT molecular complexity index is 1420. The molecule has 1 heterocycles. The second kappa shape index (κ2) is 9.39. The summed E-state index contributed by atoms with van der Waals surface area (Å²) in [6.45, 7) is 2.92. The van der Waals surface area contributed by atoms with Crippen molar-refractivity contribution in [2.75, 3.05) is 0 Å². The zero-order valence-electron chi connectivity index (χ0n) is 21.9. The Labute approximate surface area is 224 Å². The first-order valence-electron chi connectivity index (χ1n) is 14.0. The lowest BCUT2D eigenvalue weighted by atomic mass is 9.55. The van der Waals surface area contributed by atoms with E-state index in [1.54, 1.807) is 0 Å². The third-order valence-corrected chi connectivity index (χ3v) is 9.84. The molecule has 5 nitrogen and oxygen atoms in total. The van der Waals surface area contributed by atoms with Gasteiger partial charge in [0.05, 0.1) is 18.3 Å². The van der Waals surface area contributed by atoms with E-state index >= 15 is 0 Å². The van der Waals surface area contributed by atoms with Crippen molar-refractivity contribution in [3.8, 4) is 17.0 Å². The highest BCUT2D eigenvalue weighted by Gasteiger charge is 2.58. The average Bonchev–Trinajstić information content (AvgIpc) is 3.55. The third-order valence-electron chi connectivity index (χ3n) is 9.84. The van der Waals surface area contributed by atoms with Crippen molar-refractivity contribution in [3.05, 3.63) is 102 Å². The number of rotatable bonds is 5. The van der Waals surface area contributed by atoms with E-state index in [0.29, 0.717) is 24.4 Å². The summed E-state index contributed by atoms with van der Waals surface area (Å²) in [5, 5.41) is 20.6. The molecule has 3 aliphatic rings. The van der Waals surface area contributed by atoms with Gasteiger partial charge in [-0.3, -0.25) is 0 Å². The van der Waals surface area contributed by atoms with Crippen LogP contribution in [0.25, 0.3) is 11.3 Å². The number of aliphatic hydroxyl groups excluding tert-OH is 1. The topological polar surface area (TPSA) is 60.2 Å². The molecule has 0 aliphatic heterocycles. The quantitative estimate of drug-likeness (QED) is 0.332. The molecular formula is C33H35N3O2. The van der Waals surface area contributed by atoms with Crippen molar-refractivity contribution in [3.63, 3.8) is 0 Å². The Morgan fingerprint density at radius 1 is 1.00 bits per heavy atom. The van der Waals surface area contributed by atoms with Gasteiger partial charge in [0.15, 0.2) is 0 Å². The van der Waals surface area contributed by atoms with Crippen LogP contribution in [-0.2, 0) is 13.0 Å². The third kappa shape index (κ3) is 3.95. The predicted molar refractivity (Wildman–Crippen MR) is 148 cm³/mol. The number of hydrogen-bond donors (Lipinski definition) is 1. The summed E-state index contributed by atoms with van der Waals surface area (Å²) in [6.07, 6.45) is 7.00. The van der Waals surface area contributed by atoms with E-state index in [-0.39, 0.29) is 11.5 Å². The molecule has 0 amide bonds. The minimum Gasteiger partial charge on any atom is -0.489 e. The average molecular weight is 506 g/mol.